The van der Waals surface area contributed by atoms with Gasteiger partial charge in [0.2, 0.25) is 0 Å². The average molecular weight is 321 g/mol. The normalized spacial score (nSPS) is 12.7. The van der Waals surface area contributed by atoms with Crippen LogP contribution in [0.15, 0.2) is 48.9 Å². The number of hydrogen-bond donors (Lipinski definition) is 0. The number of nitro groups is 1. The van der Waals surface area contributed by atoms with Crippen LogP contribution >= 0.6 is 11.6 Å². The molecule has 1 aliphatic rings. The highest BCUT2D eigenvalue weighted by Crippen LogP contribution is 2.36. The van der Waals surface area contributed by atoms with Gasteiger partial charge in [0, 0.05) is 17.8 Å². The Hall–Kier alpha value is -2.60. The minimum atomic E-state index is -0.497. The molecule has 0 amide bonds. The summed E-state index contributed by atoms with van der Waals surface area (Å²) in [5.74, 6) is -0.133. The lowest BCUT2D eigenvalue weighted by atomic mass is 10.1. The summed E-state index contributed by atoms with van der Waals surface area (Å²) in [5.41, 5.74) is 0.971. The number of rotatable bonds is 3. The van der Waals surface area contributed by atoms with Crippen molar-refractivity contribution in [2.24, 2.45) is 0 Å². The van der Waals surface area contributed by atoms with Crippen molar-refractivity contribution in [1.29, 1.82) is 0 Å². The molecule has 7 heteroatoms. The Morgan fingerprint density at radius 3 is 2.91 bits per heavy atom. The van der Waals surface area contributed by atoms with Crippen molar-refractivity contribution >= 4 is 23.0 Å². The van der Waals surface area contributed by atoms with Gasteiger partial charge in [-0.2, -0.15) is 0 Å². The number of non-ortho nitro benzene ring substituents is 1. The molecule has 0 saturated carbocycles. The van der Waals surface area contributed by atoms with Crippen LogP contribution in [0.5, 0.6) is 5.75 Å². The van der Waals surface area contributed by atoms with E-state index >= 15 is 0 Å². The molecule has 3 rings (SSSR count). The van der Waals surface area contributed by atoms with E-state index in [1.165, 1.54) is 24.5 Å². The van der Waals surface area contributed by atoms with Crippen molar-refractivity contribution in [2.75, 3.05) is 4.90 Å². The first-order valence-corrected chi connectivity index (χ1v) is 6.75. The summed E-state index contributed by atoms with van der Waals surface area (Å²) < 4.78 is 19.3. The fourth-order valence-electron chi connectivity index (χ4n) is 2.20. The van der Waals surface area contributed by atoms with Gasteiger partial charge in [-0.3, -0.25) is 10.1 Å². The summed E-state index contributed by atoms with van der Waals surface area (Å²) in [4.78, 5) is 12.0. The maximum atomic E-state index is 14.0. The summed E-state index contributed by atoms with van der Waals surface area (Å²) in [7, 11) is 0. The number of nitro benzene ring substituents is 1. The van der Waals surface area contributed by atoms with Crippen molar-refractivity contribution in [1.82, 2.24) is 0 Å². The van der Waals surface area contributed by atoms with Gasteiger partial charge in [-0.1, -0.05) is 23.7 Å². The number of nitrogens with zero attached hydrogens (tertiary/aromatic N) is 2. The van der Waals surface area contributed by atoms with Gasteiger partial charge < -0.3 is 9.64 Å². The van der Waals surface area contributed by atoms with Crippen LogP contribution < -0.4 is 9.64 Å². The highest BCUT2D eigenvalue weighted by Gasteiger charge is 2.20. The third kappa shape index (κ3) is 2.60. The van der Waals surface area contributed by atoms with Gasteiger partial charge in [-0.15, -0.1) is 0 Å². The maximum absolute atomic E-state index is 14.0. The Morgan fingerprint density at radius 1 is 1.32 bits per heavy atom. The first kappa shape index (κ1) is 14.3. The lowest BCUT2D eigenvalue weighted by Gasteiger charge is -2.26. The lowest BCUT2D eigenvalue weighted by Crippen LogP contribution is -2.20. The maximum Gasteiger partial charge on any atom is 0.273 e. The molecule has 5 nitrogen and oxygen atoms in total. The Morgan fingerprint density at radius 2 is 2.14 bits per heavy atom. The predicted octanol–water partition coefficient (Wildman–Crippen LogP) is 4.26. The molecule has 2 aromatic rings. The van der Waals surface area contributed by atoms with Crippen LogP contribution in [-0.4, -0.2) is 4.92 Å². The van der Waals surface area contributed by atoms with Gasteiger partial charge in [0.25, 0.3) is 5.69 Å². The largest absolute Gasteiger partial charge is 0.461 e. The molecule has 0 fully saturated rings. The van der Waals surface area contributed by atoms with Crippen LogP contribution in [0, 0.1) is 15.9 Å². The standard InChI is InChI=1S/C15H10ClFN2O3/c16-12-3-1-2-10(15(12)17)9-18-6-7-22-14-8-11(19(20)21)4-5-13(14)18/h1-8H,9H2. The SMILES string of the molecule is O=[N+]([O-])c1ccc2c(c1)OC=CN2Cc1cccc(Cl)c1F. The Kier molecular flexibility index (Phi) is 3.68. The van der Waals surface area contributed by atoms with Gasteiger partial charge >= 0.3 is 0 Å². The molecule has 0 spiro atoms. The zero-order valence-electron chi connectivity index (χ0n) is 11.2. The minimum Gasteiger partial charge on any atom is -0.461 e. The van der Waals surface area contributed by atoms with E-state index in [0.717, 1.165) is 0 Å². The number of anilines is 1. The molecular weight excluding hydrogens is 311 g/mol. The highest BCUT2D eigenvalue weighted by atomic mass is 35.5. The second-order valence-corrected chi connectivity index (χ2v) is 5.06. The smallest absolute Gasteiger partial charge is 0.273 e. The summed E-state index contributed by atoms with van der Waals surface area (Å²) in [6, 6.07) is 9.06. The molecule has 0 unspecified atom stereocenters. The van der Waals surface area contributed by atoms with E-state index in [9.17, 15) is 14.5 Å². The molecular formula is C15H10ClFN2O3. The molecule has 0 bridgehead atoms. The van der Waals surface area contributed by atoms with E-state index in [-0.39, 0.29) is 17.3 Å². The fourth-order valence-corrected chi connectivity index (χ4v) is 2.39. The van der Waals surface area contributed by atoms with E-state index in [4.69, 9.17) is 16.3 Å². The fraction of sp³-hybridized carbons (Fsp3) is 0.0667. The molecule has 0 aromatic heterocycles. The summed E-state index contributed by atoms with van der Waals surface area (Å²) >= 11 is 5.78. The summed E-state index contributed by atoms with van der Waals surface area (Å²) in [5, 5.41) is 10.8. The highest BCUT2D eigenvalue weighted by molar-refractivity contribution is 6.30. The lowest BCUT2D eigenvalue weighted by molar-refractivity contribution is -0.384. The van der Waals surface area contributed by atoms with Crippen LogP contribution in [0.1, 0.15) is 5.56 Å². The summed E-state index contributed by atoms with van der Waals surface area (Å²) in [6.07, 6.45) is 3.03. The van der Waals surface area contributed by atoms with Gasteiger partial charge in [0.05, 0.1) is 28.2 Å². The van der Waals surface area contributed by atoms with E-state index in [1.54, 1.807) is 29.3 Å². The van der Waals surface area contributed by atoms with E-state index in [1.807, 2.05) is 0 Å². The third-order valence-electron chi connectivity index (χ3n) is 3.27. The Balaban J connectivity index is 1.94. The molecule has 0 radical (unpaired) electrons. The zero-order chi connectivity index (χ0) is 15.7. The van der Waals surface area contributed by atoms with Crippen molar-refractivity contribution < 1.29 is 14.1 Å². The monoisotopic (exact) mass is 320 g/mol. The van der Waals surface area contributed by atoms with Gasteiger partial charge in [-0.05, 0) is 12.1 Å². The number of hydrogen-bond acceptors (Lipinski definition) is 4. The first-order chi connectivity index (χ1) is 10.6. The second kappa shape index (κ2) is 5.65. The van der Waals surface area contributed by atoms with Crippen molar-refractivity contribution in [3.8, 4) is 5.75 Å². The topological polar surface area (TPSA) is 55.6 Å². The number of fused-ring (bicyclic) bond motifs is 1. The van der Waals surface area contributed by atoms with Crippen LogP contribution in [0.3, 0.4) is 0 Å². The third-order valence-corrected chi connectivity index (χ3v) is 3.56. The molecule has 0 atom stereocenters. The van der Waals surface area contributed by atoms with E-state index in [2.05, 4.69) is 0 Å². The Bertz CT molecular complexity index is 779. The van der Waals surface area contributed by atoms with Crippen LogP contribution in [0.4, 0.5) is 15.8 Å². The van der Waals surface area contributed by atoms with E-state index < -0.39 is 10.7 Å². The number of halogens is 2. The van der Waals surface area contributed by atoms with Crippen molar-refractivity contribution in [2.45, 2.75) is 6.54 Å². The Labute approximate surface area is 130 Å². The van der Waals surface area contributed by atoms with Crippen molar-refractivity contribution in [3.63, 3.8) is 0 Å². The van der Waals surface area contributed by atoms with Gasteiger partial charge in [-0.25, -0.2) is 4.39 Å². The summed E-state index contributed by atoms with van der Waals surface area (Å²) in [6.45, 7) is 0.233. The molecule has 112 valence electrons. The quantitative estimate of drug-likeness (QED) is 0.626. The molecule has 2 aromatic carbocycles. The molecule has 1 heterocycles. The molecule has 0 N–H and O–H groups in total. The van der Waals surface area contributed by atoms with Crippen LogP contribution in [0.25, 0.3) is 0 Å². The first-order valence-electron chi connectivity index (χ1n) is 6.37. The van der Waals surface area contributed by atoms with Crippen molar-refractivity contribution in [3.05, 3.63) is 75.4 Å². The zero-order valence-corrected chi connectivity index (χ0v) is 12.0. The molecule has 22 heavy (non-hydrogen) atoms. The van der Waals surface area contributed by atoms with Crippen LogP contribution in [0.2, 0.25) is 5.02 Å². The molecule has 1 aliphatic heterocycles. The second-order valence-electron chi connectivity index (χ2n) is 4.65. The molecule has 0 aliphatic carbocycles. The van der Waals surface area contributed by atoms with Gasteiger partial charge in [0.15, 0.2) is 5.75 Å². The number of benzene rings is 2. The van der Waals surface area contributed by atoms with Gasteiger partial charge in [0.1, 0.15) is 12.1 Å². The van der Waals surface area contributed by atoms with Crippen LogP contribution in [-0.2, 0) is 6.54 Å². The number of ether oxygens (including phenoxy) is 1. The average Bonchev–Trinajstić information content (AvgIpc) is 2.51. The van der Waals surface area contributed by atoms with E-state index in [0.29, 0.717) is 17.0 Å². The minimum absolute atomic E-state index is 0.0543. The molecule has 0 saturated heterocycles. The predicted molar refractivity (Wildman–Crippen MR) is 80.5 cm³/mol.